The van der Waals surface area contributed by atoms with Crippen LogP contribution < -0.4 is 15.0 Å². The van der Waals surface area contributed by atoms with Crippen LogP contribution in [0.1, 0.15) is 6.92 Å². The number of piperazine rings is 1. The van der Waals surface area contributed by atoms with Crippen molar-refractivity contribution in [2.45, 2.75) is 17.9 Å². The molecule has 0 aliphatic carbocycles. The first-order valence-electron chi connectivity index (χ1n) is 9.30. The summed E-state index contributed by atoms with van der Waals surface area (Å²) in [6, 6.07) is 15.4. The number of likely N-dealkylation sites (N-methyl/N-ethyl adjacent to an activating group) is 1. The minimum atomic E-state index is -3.51. The van der Waals surface area contributed by atoms with E-state index >= 15 is 0 Å². The van der Waals surface area contributed by atoms with E-state index in [1.807, 2.05) is 18.2 Å². The Balaban J connectivity index is 1.61. The number of carbonyl (C=O) groups excluding carboxylic acids is 1. The molecule has 1 aliphatic heterocycles. The third kappa shape index (κ3) is 4.89. The monoisotopic (exact) mass is 404 g/mol. The number of para-hydroxylation sites is 1. The van der Waals surface area contributed by atoms with Gasteiger partial charge in [0.1, 0.15) is 5.75 Å². The Morgan fingerprint density at radius 2 is 1.68 bits per heavy atom. The molecule has 2 aromatic rings. The quantitative estimate of drug-likeness (QED) is 0.740. The van der Waals surface area contributed by atoms with Gasteiger partial charge in [0.15, 0.2) is 6.10 Å². The van der Waals surface area contributed by atoms with Crippen LogP contribution in [0, 0.1) is 0 Å². The predicted molar refractivity (Wildman–Crippen MR) is 107 cm³/mol. The maximum absolute atomic E-state index is 12.7. The summed E-state index contributed by atoms with van der Waals surface area (Å²) in [4.78, 5) is 13.9. The summed E-state index contributed by atoms with van der Waals surface area (Å²) in [6.45, 7) is 4.29. The largest absolute Gasteiger partial charge is 0.481 e. The normalized spacial score (nSPS) is 17.1. The van der Waals surface area contributed by atoms with Gasteiger partial charge in [0.05, 0.1) is 38.1 Å². The molecule has 1 atom stereocenters. The van der Waals surface area contributed by atoms with Crippen molar-refractivity contribution in [3.63, 3.8) is 0 Å². The van der Waals surface area contributed by atoms with Gasteiger partial charge in [-0.15, -0.1) is 0 Å². The highest BCUT2D eigenvalue weighted by atomic mass is 32.2. The molecule has 0 bridgehead atoms. The van der Waals surface area contributed by atoms with Crippen molar-refractivity contribution >= 4 is 21.6 Å². The topological polar surface area (TPSA) is 80.1 Å². The third-order valence-electron chi connectivity index (χ3n) is 4.76. The first kappa shape index (κ1) is 20.3. The van der Waals surface area contributed by atoms with Crippen LogP contribution in [0.15, 0.2) is 59.5 Å². The first-order valence-corrected chi connectivity index (χ1v) is 10.7. The average molecular weight is 405 g/mol. The lowest BCUT2D eigenvalue weighted by Crippen LogP contribution is -3.12. The summed E-state index contributed by atoms with van der Waals surface area (Å²) in [5, 5.41) is 2.75. The van der Waals surface area contributed by atoms with Crippen molar-refractivity contribution in [1.82, 2.24) is 4.31 Å². The van der Waals surface area contributed by atoms with Crippen molar-refractivity contribution < 1.29 is 22.8 Å². The Hall–Kier alpha value is -2.42. The molecule has 28 heavy (non-hydrogen) atoms. The summed E-state index contributed by atoms with van der Waals surface area (Å²) in [7, 11) is -1.45. The van der Waals surface area contributed by atoms with Crippen LogP contribution in [0.5, 0.6) is 5.75 Å². The summed E-state index contributed by atoms with van der Waals surface area (Å²) in [5.41, 5.74) is 0.523. The number of nitrogens with one attached hydrogen (secondary N) is 2. The van der Waals surface area contributed by atoms with Gasteiger partial charge in [-0.3, -0.25) is 4.79 Å². The van der Waals surface area contributed by atoms with Crippen molar-refractivity contribution in [3.8, 4) is 5.75 Å². The molecule has 0 spiro atoms. The van der Waals surface area contributed by atoms with E-state index in [-0.39, 0.29) is 10.8 Å². The van der Waals surface area contributed by atoms with Crippen LogP contribution in [-0.2, 0) is 14.8 Å². The van der Waals surface area contributed by atoms with Crippen LogP contribution in [0.3, 0.4) is 0 Å². The van der Waals surface area contributed by atoms with E-state index in [1.165, 1.54) is 21.3 Å². The Kier molecular flexibility index (Phi) is 6.33. The first-order chi connectivity index (χ1) is 13.4. The zero-order valence-corrected chi connectivity index (χ0v) is 16.9. The van der Waals surface area contributed by atoms with Gasteiger partial charge in [0.25, 0.3) is 5.91 Å². The maximum Gasteiger partial charge on any atom is 0.265 e. The van der Waals surface area contributed by atoms with Gasteiger partial charge in [0.2, 0.25) is 10.0 Å². The molecule has 3 rings (SSSR count). The van der Waals surface area contributed by atoms with Gasteiger partial charge in [-0.2, -0.15) is 4.31 Å². The molecule has 0 saturated carbocycles. The fourth-order valence-corrected chi connectivity index (χ4v) is 4.41. The Morgan fingerprint density at radius 1 is 1.07 bits per heavy atom. The summed E-state index contributed by atoms with van der Waals surface area (Å²) >= 11 is 0. The van der Waals surface area contributed by atoms with E-state index in [0.29, 0.717) is 24.5 Å². The molecular weight excluding hydrogens is 378 g/mol. The van der Waals surface area contributed by atoms with Crippen LogP contribution in [0.4, 0.5) is 5.69 Å². The van der Waals surface area contributed by atoms with Crippen LogP contribution >= 0.6 is 0 Å². The van der Waals surface area contributed by atoms with E-state index in [0.717, 1.165) is 13.1 Å². The van der Waals surface area contributed by atoms with E-state index in [4.69, 9.17) is 4.74 Å². The van der Waals surface area contributed by atoms with Crippen molar-refractivity contribution in [2.24, 2.45) is 0 Å². The lowest BCUT2D eigenvalue weighted by molar-refractivity contribution is -0.883. The van der Waals surface area contributed by atoms with Gasteiger partial charge in [-0.1, -0.05) is 18.2 Å². The predicted octanol–water partition coefficient (Wildman–Crippen LogP) is 0.612. The number of benzene rings is 2. The van der Waals surface area contributed by atoms with Crippen molar-refractivity contribution in [3.05, 3.63) is 54.6 Å². The number of hydrogen-bond acceptors (Lipinski definition) is 4. The molecule has 2 aromatic carbocycles. The van der Waals surface area contributed by atoms with Gasteiger partial charge in [-0.05, 0) is 43.3 Å². The molecule has 1 saturated heterocycles. The fraction of sp³-hybridized carbons (Fsp3) is 0.350. The molecule has 1 fully saturated rings. The molecule has 0 unspecified atom stereocenters. The number of rotatable bonds is 6. The molecule has 8 heteroatoms. The number of carbonyl (C=O) groups is 1. The van der Waals surface area contributed by atoms with Gasteiger partial charge in [0, 0.05) is 5.69 Å². The molecule has 1 heterocycles. The number of hydrogen-bond donors (Lipinski definition) is 2. The van der Waals surface area contributed by atoms with Crippen molar-refractivity contribution in [2.75, 3.05) is 38.5 Å². The highest BCUT2D eigenvalue weighted by molar-refractivity contribution is 7.89. The second kappa shape index (κ2) is 8.72. The molecular formula is C20H26N3O4S+. The minimum Gasteiger partial charge on any atom is -0.481 e. The summed E-state index contributed by atoms with van der Waals surface area (Å²) in [6.07, 6.45) is -0.682. The second-order valence-electron chi connectivity index (χ2n) is 6.95. The molecule has 150 valence electrons. The number of nitrogens with zero attached hydrogens (tertiary/aromatic N) is 1. The number of anilines is 1. The standard InChI is InChI=1S/C20H25N3O4S/c1-16(27-18-6-4-3-5-7-18)20(24)21-17-8-10-19(11-9-17)28(25,26)23-14-12-22(2)13-15-23/h3-11,16H,12-15H2,1-2H3,(H,21,24)/p+1/t16-/m0/s1. The van der Waals surface area contributed by atoms with E-state index in [2.05, 4.69) is 12.4 Å². The molecule has 0 radical (unpaired) electrons. The molecule has 2 N–H and O–H groups in total. The van der Waals surface area contributed by atoms with Gasteiger partial charge >= 0.3 is 0 Å². The molecule has 7 nitrogen and oxygen atoms in total. The van der Waals surface area contributed by atoms with E-state index in [9.17, 15) is 13.2 Å². The SMILES string of the molecule is C[C@H](Oc1ccccc1)C(=O)Nc1ccc(S(=O)(=O)N2CC[NH+](C)CC2)cc1. The maximum atomic E-state index is 12.7. The molecule has 1 aliphatic rings. The third-order valence-corrected chi connectivity index (χ3v) is 6.67. The number of ether oxygens (including phenoxy) is 1. The lowest BCUT2D eigenvalue weighted by atomic mass is 10.3. The Morgan fingerprint density at radius 3 is 2.29 bits per heavy atom. The highest BCUT2D eigenvalue weighted by Gasteiger charge is 2.29. The summed E-state index contributed by atoms with van der Waals surface area (Å²) in [5.74, 6) is 0.308. The molecule has 1 amide bonds. The lowest BCUT2D eigenvalue weighted by Gasteiger charge is -2.29. The van der Waals surface area contributed by atoms with Gasteiger partial charge < -0.3 is 15.0 Å². The smallest absolute Gasteiger partial charge is 0.265 e. The van der Waals surface area contributed by atoms with Crippen LogP contribution in [0.25, 0.3) is 0 Å². The van der Waals surface area contributed by atoms with E-state index < -0.39 is 16.1 Å². The number of amides is 1. The zero-order chi connectivity index (χ0) is 20.1. The molecule has 0 aromatic heterocycles. The van der Waals surface area contributed by atoms with Crippen LogP contribution in [-0.4, -0.2) is 58.0 Å². The second-order valence-corrected chi connectivity index (χ2v) is 8.89. The van der Waals surface area contributed by atoms with Gasteiger partial charge in [-0.25, -0.2) is 8.42 Å². The highest BCUT2D eigenvalue weighted by Crippen LogP contribution is 2.19. The number of sulfonamides is 1. The average Bonchev–Trinajstić information content (AvgIpc) is 2.69. The van der Waals surface area contributed by atoms with Crippen LogP contribution in [0.2, 0.25) is 0 Å². The fourth-order valence-electron chi connectivity index (χ4n) is 2.97. The zero-order valence-electron chi connectivity index (χ0n) is 16.1. The number of quaternary nitrogens is 1. The summed E-state index contributed by atoms with van der Waals surface area (Å²) < 4.78 is 32.6. The Bertz CT molecular complexity index is 893. The minimum absolute atomic E-state index is 0.235. The van der Waals surface area contributed by atoms with Crippen molar-refractivity contribution in [1.29, 1.82) is 0 Å². The Labute approximate surface area is 166 Å². The van der Waals surface area contributed by atoms with E-state index in [1.54, 1.807) is 31.2 Å².